The summed E-state index contributed by atoms with van der Waals surface area (Å²) >= 11 is 1.29. The molecule has 0 fully saturated rings. The molecule has 3 N–H and O–H groups in total. The molecule has 1 atom stereocenters. The minimum atomic E-state index is -0.322. The zero-order chi connectivity index (χ0) is 19.9. The predicted octanol–water partition coefficient (Wildman–Crippen LogP) is 3.15. The number of carbonyl (C=O) groups excluding carboxylic acids is 1. The van der Waals surface area contributed by atoms with Crippen LogP contribution in [0.5, 0.6) is 5.75 Å². The number of aromatic nitrogens is 3. The molecule has 0 saturated carbocycles. The van der Waals surface area contributed by atoms with Gasteiger partial charge in [-0.05, 0) is 51.2 Å². The van der Waals surface area contributed by atoms with Gasteiger partial charge < -0.3 is 15.9 Å². The van der Waals surface area contributed by atoms with Crippen LogP contribution in [-0.4, -0.2) is 39.7 Å². The Hall–Kier alpha value is -2.48. The highest BCUT2D eigenvalue weighted by molar-refractivity contribution is 8.00. The molecule has 0 radical (unpaired) electrons. The number of nitrogens with two attached hydrogens (primary N) is 1. The molecule has 3 rings (SSSR count). The molecule has 1 unspecified atom stereocenters. The summed E-state index contributed by atoms with van der Waals surface area (Å²) < 4.78 is 6.77. The van der Waals surface area contributed by atoms with E-state index in [1.165, 1.54) is 34.9 Å². The Morgan fingerprint density at radius 2 is 2.18 bits per heavy atom. The predicted molar refractivity (Wildman–Crippen MR) is 112 cm³/mol. The molecule has 1 aromatic heterocycles. The monoisotopic (exact) mass is 401 g/mol. The molecule has 0 spiro atoms. The van der Waals surface area contributed by atoms with E-state index >= 15 is 0 Å². The van der Waals surface area contributed by atoms with E-state index in [1.807, 2.05) is 31.2 Å². The minimum Gasteiger partial charge on any atom is -0.496 e. The van der Waals surface area contributed by atoms with Gasteiger partial charge in [-0.1, -0.05) is 35.5 Å². The molecule has 1 aliphatic carbocycles. The Morgan fingerprint density at radius 1 is 1.36 bits per heavy atom. The molecule has 1 aromatic carbocycles. The zero-order valence-corrected chi connectivity index (χ0v) is 17.2. The fourth-order valence-corrected chi connectivity index (χ4v) is 4.00. The summed E-state index contributed by atoms with van der Waals surface area (Å²) in [5.41, 5.74) is 2.21. The van der Waals surface area contributed by atoms with Crippen molar-refractivity contribution >= 4 is 17.7 Å². The normalized spacial score (nSPS) is 15.0. The molecule has 7 nitrogen and oxygen atoms in total. The van der Waals surface area contributed by atoms with Gasteiger partial charge in [0.15, 0.2) is 5.82 Å². The van der Waals surface area contributed by atoms with Crippen LogP contribution in [0.1, 0.15) is 39.0 Å². The topological polar surface area (TPSA) is 95.1 Å². The van der Waals surface area contributed by atoms with Crippen molar-refractivity contribution in [3.05, 3.63) is 35.9 Å². The number of thioether (sulfide) groups is 1. The third-order valence-corrected chi connectivity index (χ3v) is 5.85. The number of para-hydroxylation sites is 1. The summed E-state index contributed by atoms with van der Waals surface area (Å²) in [7, 11) is 1.60. The molecular formula is C20H27N5O2S. The highest BCUT2D eigenvalue weighted by atomic mass is 32.2. The fraction of sp³-hybridized carbons (Fsp3) is 0.450. The second kappa shape index (κ2) is 9.64. The Kier molecular flexibility index (Phi) is 6.97. The lowest BCUT2D eigenvalue weighted by Crippen LogP contribution is -2.32. The number of allylic oxidation sites excluding steroid dienone is 1. The number of nitrogen functional groups attached to an aromatic ring is 1. The zero-order valence-electron chi connectivity index (χ0n) is 16.4. The van der Waals surface area contributed by atoms with E-state index in [4.69, 9.17) is 10.6 Å². The Labute approximate surface area is 169 Å². The van der Waals surface area contributed by atoms with Gasteiger partial charge in [-0.3, -0.25) is 4.79 Å². The van der Waals surface area contributed by atoms with Crippen molar-refractivity contribution in [2.24, 2.45) is 0 Å². The van der Waals surface area contributed by atoms with Gasteiger partial charge in [0.05, 0.1) is 17.9 Å². The van der Waals surface area contributed by atoms with Crippen molar-refractivity contribution in [1.29, 1.82) is 0 Å². The first kappa shape index (κ1) is 20.3. The van der Waals surface area contributed by atoms with Crippen LogP contribution >= 0.6 is 11.8 Å². The second-order valence-corrected chi connectivity index (χ2v) is 8.09. The van der Waals surface area contributed by atoms with Crippen molar-refractivity contribution in [2.45, 2.75) is 49.4 Å². The van der Waals surface area contributed by atoms with Gasteiger partial charge in [0.25, 0.3) is 0 Å². The first-order chi connectivity index (χ1) is 13.6. The van der Waals surface area contributed by atoms with Crippen LogP contribution < -0.4 is 15.9 Å². The average molecular weight is 402 g/mol. The third kappa shape index (κ3) is 4.86. The third-order valence-electron chi connectivity index (χ3n) is 4.79. The maximum Gasteiger partial charge on any atom is 0.233 e. The van der Waals surface area contributed by atoms with E-state index in [0.29, 0.717) is 23.3 Å². The number of carbonyl (C=O) groups is 1. The quantitative estimate of drug-likeness (QED) is 0.401. The molecule has 2 aromatic rings. The van der Waals surface area contributed by atoms with Gasteiger partial charge in [-0.25, -0.2) is 4.68 Å². The van der Waals surface area contributed by atoms with Crippen molar-refractivity contribution in [2.75, 3.05) is 19.5 Å². The number of hydrogen-bond donors (Lipinski definition) is 2. The molecule has 1 amide bonds. The maximum absolute atomic E-state index is 12.4. The smallest absolute Gasteiger partial charge is 0.233 e. The first-order valence-corrected chi connectivity index (χ1v) is 10.4. The Bertz CT molecular complexity index is 849. The van der Waals surface area contributed by atoms with Gasteiger partial charge in [0.1, 0.15) is 5.75 Å². The Morgan fingerprint density at radius 3 is 2.93 bits per heavy atom. The molecule has 150 valence electrons. The van der Waals surface area contributed by atoms with Crippen LogP contribution in [0.15, 0.2) is 41.1 Å². The lowest BCUT2D eigenvalue weighted by molar-refractivity contribution is -0.120. The van der Waals surface area contributed by atoms with E-state index < -0.39 is 0 Å². The summed E-state index contributed by atoms with van der Waals surface area (Å²) in [6.45, 7) is 2.51. The minimum absolute atomic E-state index is 0.0248. The van der Waals surface area contributed by atoms with Crippen LogP contribution in [0.2, 0.25) is 0 Å². The second-order valence-electron chi connectivity index (χ2n) is 6.79. The standard InChI is InChI=1S/C20H27N5O2S/c1-14(19(26)22-13-12-15-8-4-3-5-9-15)28-20-24-23-18(25(20)21)16-10-6-7-11-17(16)27-2/h6-8,10-11,14H,3-5,9,12-13,21H2,1-2H3,(H,22,26). The van der Waals surface area contributed by atoms with Crippen molar-refractivity contribution < 1.29 is 9.53 Å². The highest BCUT2D eigenvalue weighted by Gasteiger charge is 2.21. The first-order valence-electron chi connectivity index (χ1n) is 9.56. The number of ether oxygens (including phenoxy) is 1. The van der Waals surface area contributed by atoms with E-state index in [-0.39, 0.29) is 11.2 Å². The summed E-state index contributed by atoms with van der Waals surface area (Å²) in [6.07, 6.45) is 8.09. The van der Waals surface area contributed by atoms with Crippen LogP contribution in [0.4, 0.5) is 0 Å². The highest BCUT2D eigenvalue weighted by Crippen LogP contribution is 2.30. The fourth-order valence-electron chi connectivity index (χ4n) is 3.20. The van der Waals surface area contributed by atoms with E-state index in [2.05, 4.69) is 21.6 Å². The number of nitrogens with one attached hydrogen (secondary N) is 1. The van der Waals surface area contributed by atoms with Gasteiger partial charge in [-0.15, -0.1) is 10.2 Å². The van der Waals surface area contributed by atoms with Gasteiger partial charge in [-0.2, -0.15) is 0 Å². The van der Waals surface area contributed by atoms with Gasteiger partial charge in [0, 0.05) is 6.54 Å². The van der Waals surface area contributed by atoms with Gasteiger partial charge in [0.2, 0.25) is 11.1 Å². The number of methoxy groups -OCH3 is 1. The van der Waals surface area contributed by atoms with Crippen molar-refractivity contribution in [3.63, 3.8) is 0 Å². The maximum atomic E-state index is 12.4. The lowest BCUT2D eigenvalue weighted by Gasteiger charge is -2.14. The Balaban J connectivity index is 1.58. The number of nitrogens with zero attached hydrogens (tertiary/aromatic N) is 3. The average Bonchev–Trinajstić information content (AvgIpc) is 3.08. The summed E-state index contributed by atoms with van der Waals surface area (Å²) in [6, 6.07) is 7.48. The molecule has 1 heterocycles. The lowest BCUT2D eigenvalue weighted by atomic mass is 9.97. The number of rotatable bonds is 8. The molecule has 28 heavy (non-hydrogen) atoms. The van der Waals surface area contributed by atoms with Crippen LogP contribution in [-0.2, 0) is 4.79 Å². The molecule has 0 aliphatic heterocycles. The molecule has 8 heteroatoms. The number of amides is 1. The van der Waals surface area contributed by atoms with Crippen molar-refractivity contribution in [3.8, 4) is 17.1 Å². The summed E-state index contributed by atoms with van der Waals surface area (Å²) in [4.78, 5) is 12.4. The van der Waals surface area contributed by atoms with E-state index in [0.717, 1.165) is 24.8 Å². The van der Waals surface area contributed by atoms with Crippen molar-refractivity contribution in [1.82, 2.24) is 20.2 Å². The van der Waals surface area contributed by atoms with E-state index in [1.54, 1.807) is 7.11 Å². The SMILES string of the molecule is COc1ccccc1-c1nnc(SC(C)C(=O)NCCC2=CCCCC2)n1N. The van der Waals surface area contributed by atoms with E-state index in [9.17, 15) is 4.79 Å². The molecule has 1 aliphatic rings. The molecule has 0 bridgehead atoms. The number of hydrogen-bond acceptors (Lipinski definition) is 6. The largest absolute Gasteiger partial charge is 0.496 e. The van der Waals surface area contributed by atoms with Crippen LogP contribution in [0.3, 0.4) is 0 Å². The van der Waals surface area contributed by atoms with Crippen LogP contribution in [0.25, 0.3) is 11.4 Å². The molecular weight excluding hydrogens is 374 g/mol. The summed E-state index contributed by atoms with van der Waals surface area (Å²) in [5, 5.41) is 11.5. The number of benzene rings is 1. The van der Waals surface area contributed by atoms with Crippen LogP contribution in [0, 0.1) is 0 Å². The van der Waals surface area contributed by atoms with Gasteiger partial charge >= 0.3 is 0 Å². The summed E-state index contributed by atoms with van der Waals surface area (Å²) in [5.74, 6) is 7.32. The molecule has 0 saturated heterocycles.